The average molecular weight is 190 g/mol. The maximum Gasteiger partial charge on any atom is 0.0404 e. The lowest BCUT2D eigenvalue weighted by Crippen LogP contribution is -1.88. The fraction of sp³-hybridized carbons (Fsp3) is 0.167. The van der Waals surface area contributed by atoms with Crippen molar-refractivity contribution in [2.45, 2.75) is 5.92 Å². The Morgan fingerprint density at radius 3 is 3.08 bits per heavy atom. The van der Waals surface area contributed by atoms with E-state index in [2.05, 4.69) is 30.4 Å². The molecule has 0 fully saturated rings. The molecule has 0 spiro atoms. The molecule has 1 aliphatic carbocycles. The Bertz CT molecular complexity index is 350. The number of hydrogen-bond acceptors (Lipinski definition) is 0. The monoisotopic (exact) mass is 189 g/mol. The zero-order valence-electron chi connectivity index (χ0n) is 7.20. The van der Waals surface area contributed by atoms with Crippen LogP contribution >= 0.6 is 11.6 Å². The van der Waals surface area contributed by atoms with Gasteiger partial charge in [-0.05, 0) is 17.2 Å². The Balaban J connectivity index is 2.28. The summed E-state index contributed by atoms with van der Waals surface area (Å²) in [5.41, 5.74) is 2.59. The first kappa shape index (κ1) is 8.58. The minimum Gasteiger partial charge on any atom is -0.122 e. The summed E-state index contributed by atoms with van der Waals surface area (Å²) in [6.07, 6.45) is 9.39. The highest BCUT2D eigenvalue weighted by Gasteiger charge is 2.13. The molecule has 2 rings (SSSR count). The van der Waals surface area contributed by atoms with Gasteiger partial charge in [0.25, 0.3) is 0 Å². The van der Waals surface area contributed by atoms with Crippen molar-refractivity contribution in [1.82, 2.24) is 0 Å². The van der Waals surface area contributed by atoms with Gasteiger partial charge in [0.05, 0.1) is 0 Å². The second-order valence-electron chi connectivity index (χ2n) is 3.00. The van der Waals surface area contributed by atoms with Crippen LogP contribution in [-0.4, -0.2) is 5.88 Å². The Hall–Kier alpha value is -1.01. The van der Waals surface area contributed by atoms with Gasteiger partial charge in [-0.2, -0.15) is 0 Å². The summed E-state index contributed by atoms with van der Waals surface area (Å²) in [4.78, 5) is 0. The minimum atomic E-state index is 0.301. The van der Waals surface area contributed by atoms with Crippen molar-refractivity contribution >= 4 is 17.7 Å². The Kier molecular flexibility index (Phi) is 2.51. The summed E-state index contributed by atoms with van der Waals surface area (Å²) >= 11 is 5.58. The van der Waals surface area contributed by atoms with Gasteiger partial charge in [0.2, 0.25) is 0 Å². The third kappa shape index (κ3) is 1.68. The molecule has 1 aliphatic rings. The number of fused-ring (bicyclic) bond motifs is 1. The van der Waals surface area contributed by atoms with Crippen molar-refractivity contribution in [3.63, 3.8) is 0 Å². The number of allylic oxidation sites excluding steroid dienone is 3. The molecule has 1 atom stereocenters. The molecule has 1 aromatic carbocycles. The van der Waals surface area contributed by atoms with Crippen molar-refractivity contribution < 1.29 is 0 Å². The standard InChI is InChI=1S/C12H10Cl/c13-9-3-5-11-8-7-10-4-1-2-6-12(10)11/h1-7,11H,9H2. The second kappa shape index (κ2) is 3.80. The van der Waals surface area contributed by atoms with Gasteiger partial charge in [0.15, 0.2) is 0 Å². The zero-order valence-corrected chi connectivity index (χ0v) is 7.96. The van der Waals surface area contributed by atoms with Crippen LogP contribution in [0.5, 0.6) is 0 Å². The molecule has 0 bridgehead atoms. The molecule has 0 amide bonds. The van der Waals surface area contributed by atoms with Gasteiger partial charge in [-0.1, -0.05) is 42.5 Å². The van der Waals surface area contributed by atoms with Crippen LogP contribution in [0.25, 0.3) is 6.08 Å². The van der Waals surface area contributed by atoms with Crippen LogP contribution in [0, 0.1) is 6.08 Å². The van der Waals surface area contributed by atoms with E-state index in [0.717, 1.165) is 0 Å². The summed E-state index contributed by atoms with van der Waals surface area (Å²) in [6, 6.07) is 8.35. The molecule has 1 heteroatoms. The molecule has 0 aromatic heterocycles. The Labute approximate surface area is 83.5 Å². The van der Waals surface area contributed by atoms with Crippen LogP contribution in [0.3, 0.4) is 0 Å². The highest BCUT2D eigenvalue weighted by molar-refractivity contribution is 6.18. The van der Waals surface area contributed by atoms with Crippen LogP contribution in [0.4, 0.5) is 0 Å². The molecule has 0 heterocycles. The maximum absolute atomic E-state index is 5.58. The molecule has 13 heavy (non-hydrogen) atoms. The number of hydrogen-bond donors (Lipinski definition) is 0. The summed E-state index contributed by atoms with van der Waals surface area (Å²) < 4.78 is 0. The molecule has 0 saturated carbocycles. The number of halogens is 1. The van der Waals surface area contributed by atoms with Crippen molar-refractivity contribution in [3.05, 3.63) is 53.6 Å². The average Bonchev–Trinajstić information content (AvgIpc) is 2.58. The highest BCUT2D eigenvalue weighted by Crippen LogP contribution is 2.29. The van der Waals surface area contributed by atoms with Gasteiger partial charge in [-0.3, -0.25) is 0 Å². The predicted octanol–water partition coefficient (Wildman–Crippen LogP) is 3.40. The molecular weight excluding hydrogens is 180 g/mol. The van der Waals surface area contributed by atoms with Crippen molar-refractivity contribution in [2.75, 3.05) is 5.88 Å². The third-order valence-corrected chi connectivity index (χ3v) is 2.35. The molecule has 0 N–H and O–H groups in total. The fourth-order valence-corrected chi connectivity index (χ4v) is 1.64. The van der Waals surface area contributed by atoms with Crippen molar-refractivity contribution in [3.8, 4) is 0 Å². The van der Waals surface area contributed by atoms with E-state index in [1.807, 2.05) is 18.2 Å². The van der Waals surface area contributed by atoms with Gasteiger partial charge in [-0.25, -0.2) is 0 Å². The number of benzene rings is 1. The quantitative estimate of drug-likeness (QED) is 0.494. The van der Waals surface area contributed by atoms with Crippen LogP contribution < -0.4 is 0 Å². The van der Waals surface area contributed by atoms with Gasteiger partial charge in [-0.15, -0.1) is 11.6 Å². The predicted molar refractivity (Wildman–Crippen MR) is 56.8 cm³/mol. The molecule has 65 valence electrons. The van der Waals surface area contributed by atoms with E-state index in [-0.39, 0.29) is 0 Å². The first-order chi connectivity index (χ1) is 6.42. The van der Waals surface area contributed by atoms with E-state index in [1.54, 1.807) is 0 Å². The van der Waals surface area contributed by atoms with Crippen LogP contribution in [0.15, 0.2) is 36.4 Å². The van der Waals surface area contributed by atoms with Gasteiger partial charge in [0.1, 0.15) is 0 Å². The smallest absolute Gasteiger partial charge is 0.0404 e. The lowest BCUT2D eigenvalue weighted by molar-refractivity contribution is 1.08. The zero-order chi connectivity index (χ0) is 9.10. The number of rotatable bonds is 2. The van der Waals surface area contributed by atoms with E-state index in [9.17, 15) is 0 Å². The Morgan fingerprint density at radius 1 is 1.38 bits per heavy atom. The Morgan fingerprint density at radius 2 is 2.23 bits per heavy atom. The molecule has 1 unspecified atom stereocenters. The molecule has 1 radical (unpaired) electrons. The van der Waals surface area contributed by atoms with E-state index in [0.29, 0.717) is 11.8 Å². The van der Waals surface area contributed by atoms with Gasteiger partial charge >= 0.3 is 0 Å². The normalized spacial score (nSPS) is 19.6. The first-order valence-electron chi connectivity index (χ1n) is 4.32. The molecular formula is C12H10Cl. The topological polar surface area (TPSA) is 0 Å². The van der Waals surface area contributed by atoms with E-state index in [1.165, 1.54) is 11.1 Å². The van der Waals surface area contributed by atoms with Crippen LogP contribution in [0.1, 0.15) is 17.0 Å². The minimum absolute atomic E-state index is 0.301. The summed E-state index contributed by atoms with van der Waals surface area (Å²) in [7, 11) is 0. The maximum atomic E-state index is 5.58. The summed E-state index contributed by atoms with van der Waals surface area (Å²) in [5.74, 6) is 0.871. The van der Waals surface area contributed by atoms with Crippen LogP contribution in [-0.2, 0) is 0 Å². The summed E-state index contributed by atoms with van der Waals surface area (Å²) in [5, 5.41) is 0. The first-order valence-corrected chi connectivity index (χ1v) is 4.86. The lowest BCUT2D eigenvalue weighted by atomic mass is 10.0. The second-order valence-corrected chi connectivity index (χ2v) is 3.31. The van der Waals surface area contributed by atoms with Crippen molar-refractivity contribution in [1.29, 1.82) is 0 Å². The fourth-order valence-electron chi connectivity index (χ4n) is 1.54. The highest BCUT2D eigenvalue weighted by atomic mass is 35.5. The third-order valence-electron chi connectivity index (χ3n) is 2.17. The number of alkyl halides is 1. The largest absolute Gasteiger partial charge is 0.122 e. The SMILES string of the molecule is ClCC=CC1[C]=Cc2ccccc21. The van der Waals surface area contributed by atoms with Gasteiger partial charge in [0, 0.05) is 11.8 Å². The molecule has 0 nitrogen and oxygen atoms in total. The molecule has 0 saturated heterocycles. The summed E-state index contributed by atoms with van der Waals surface area (Å²) in [6.45, 7) is 0. The van der Waals surface area contributed by atoms with E-state index in [4.69, 9.17) is 11.6 Å². The molecule has 1 aromatic rings. The molecule has 0 aliphatic heterocycles. The van der Waals surface area contributed by atoms with E-state index < -0.39 is 0 Å². The van der Waals surface area contributed by atoms with E-state index >= 15 is 0 Å². The van der Waals surface area contributed by atoms with Gasteiger partial charge < -0.3 is 0 Å². The van der Waals surface area contributed by atoms with Crippen molar-refractivity contribution in [2.24, 2.45) is 0 Å². The van der Waals surface area contributed by atoms with Crippen LogP contribution in [0.2, 0.25) is 0 Å². The lowest BCUT2D eigenvalue weighted by Gasteiger charge is -2.03.